The zero-order valence-corrected chi connectivity index (χ0v) is 13.3. The Morgan fingerprint density at radius 3 is 2.50 bits per heavy atom. The van der Waals surface area contributed by atoms with E-state index >= 15 is 0 Å². The molecule has 0 aromatic carbocycles. The van der Waals surface area contributed by atoms with Crippen LogP contribution >= 0.6 is 0 Å². The molecule has 1 heterocycles. The van der Waals surface area contributed by atoms with Crippen LogP contribution < -0.4 is 10.1 Å². The van der Waals surface area contributed by atoms with E-state index < -0.39 is 0 Å². The van der Waals surface area contributed by atoms with Crippen LogP contribution in [0.25, 0.3) is 0 Å². The Hall–Kier alpha value is -1.09. The fraction of sp³-hybridized carbons (Fsp3) is 0.706. The maximum atomic E-state index is 5.72. The number of aromatic nitrogens is 1. The molecule has 0 radical (unpaired) electrons. The van der Waals surface area contributed by atoms with Crippen LogP contribution in [0.1, 0.15) is 71.0 Å². The zero-order chi connectivity index (χ0) is 14.6. The molecule has 1 atom stereocenters. The third-order valence-corrected chi connectivity index (χ3v) is 3.48. The van der Waals surface area contributed by atoms with E-state index in [2.05, 4.69) is 31.1 Å². The van der Waals surface area contributed by atoms with Gasteiger partial charge in [0, 0.05) is 6.04 Å². The molecule has 0 saturated carbocycles. The Kier molecular flexibility index (Phi) is 9.05. The van der Waals surface area contributed by atoms with Gasteiger partial charge in [0.2, 0.25) is 0 Å². The Labute approximate surface area is 124 Å². The Morgan fingerprint density at radius 1 is 1.10 bits per heavy atom. The van der Waals surface area contributed by atoms with Crippen molar-refractivity contribution in [1.82, 2.24) is 10.3 Å². The highest BCUT2D eigenvalue weighted by atomic mass is 16.5. The first kappa shape index (κ1) is 17.0. The van der Waals surface area contributed by atoms with Gasteiger partial charge >= 0.3 is 0 Å². The maximum absolute atomic E-state index is 5.72. The quantitative estimate of drug-likeness (QED) is 0.605. The topological polar surface area (TPSA) is 34.1 Å². The van der Waals surface area contributed by atoms with Crippen LogP contribution in [0, 0.1) is 0 Å². The van der Waals surface area contributed by atoms with Gasteiger partial charge in [-0.3, -0.25) is 4.98 Å². The number of ether oxygens (including phenoxy) is 1. The van der Waals surface area contributed by atoms with Crippen molar-refractivity contribution in [3.05, 3.63) is 24.0 Å². The molecule has 0 amide bonds. The Bertz CT molecular complexity index is 337. The predicted molar refractivity (Wildman–Crippen MR) is 85.2 cm³/mol. The minimum atomic E-state index is 0.299. The van der Waals surface area contributed by atoms with Crippen molar-refractivity contribution >= 4 is 0 Å². The fourth-order valence-electron chi connectivity index (χ4n) is 2.22. The molecule has 0 aliphatic carbocycles. The third kappa shape index (κ3) is 6.90. The van der Waals surface area contributed by atoms with Crippen LogP contribution in [0.3, 0.4) is 0 Å². The van der Waals surface area contributed by atoms with Gasteiger partial charge in [0.05, 0.1) is 18.5 Å². The van der Waals surface area contributed by atoms with Gasteiger partial charge < -0.3 is 10.1 Å². The van der Waals surface area contributed by atoms with Gasteiger partial charge in [-0.2, -0.15) is 0 Å². The molecule has 1 N–H and O–H groups in total. The number of rotatable bonds is 11. The van der Waals surface area contributed by atoms with E-state index in [1.165, 1.54) is 32.1 Å². The second kappa shape index (κ2) is 10.7. The van der Waals surface area contributed by atoms with Crippen molar-refractivity contribution in [2.45, 2.75) is 65.3 Å². The molecule has 1 unspecified atom stereocenters. The van der Waals surface area contributed by atoms with Crippen LogP contribution in [0.5, 0.6) is 5.75 Å². The van der Waals surface area contributed by atoms with Crippen molar-refractivity contribution in [3.63, 3.8) is 0 Å². The first-order chi connectivity index (χ1) is 9.77. The molecule has 1 aromatic heterocycles. The molecule has 0 fully saturated rings. The summed E-state index contributed by atoms with van der Waals surface area (Å²) in [5.41, 5.74) is 1.07. The SMILES string of the molecule is CCCCCCCCOc1ccc(C(C)NCC)nc1. The van der Waals surface area contributed by atoms with Gasteiger partial charge in [0.1, 0.15) is 5.75 Å². The summed E-state index contributed by atoms with van der Waals surface area (Å²) in [6.07, 6.45) is 9.59. The number of pyridine rings is 1. The van der Waals surface area contributed by atoms with Crippen LogP contribution in [-0.4, -0.2) is 18.1 Å². The van der Waals surface area contributed by atoms with Crippen LogP contribution in [0.4, 0.5) is 0 Å². The highest BCUT2D eigenvalue weighted by Crippen LogP contribution is 2.15. The summed E-state index contributed by atoms with van der Waals surface area (Å²) in [5.74, 6) is 0.881. The molecule has 0 aliphatic heterocycles. The molecular weight excluding hydrogens is 248 g/mol. The summed E-state index contributed by atoms with van der Waals surface area (Å²) in [6, 6.07) is 4.37. The monoisotopic (exact) mass is 278 g/mol. The van der Waals surface area contributed by atoms with Gasteiger partial charge in [-0.15, -0.1) is 0 Å². The molecule has 1 rings (SSSR count). The Morgan fingerprint density at radius 2 is 1.85 bits per heavy atom. The first-order valence-electron chi connectivity index (χ1n) is 8.10. The lowest BCUT2D eigenvalue weighted by atomic mass is 10.1. The van der Waals surface area contributed by atoms with E-state index in [1.807, 2.05) is 18.3 Å². The molecule has 20 heavy (non-hydrogen) atoms. The zero-order valence-electron chi connectivity index (χ0n) is 13.3. The molecular formula is C17H30N2O. The van der Waals surface area contributed by atoms with E-state index in [9.17, 15) is 0 Å². The summed E-state index contributed by atoms with van der Waals surface area (Å²) in [5, 5.41) is 3.35. The summed E-state index contributed by atoms with van der Waals surface area (Å²) in [7, 11) is 0. The number of unbranched alkanes of at least 4 members (excludes halogenated alkanes) is 5. The highest BCUT2D eigenvalue weighted by molar-refractivity contribution is 5.21. The minimum Gasteiger partial charge on any atom is -0.492 e. The first-order valence-corrected chi connectivity index (χ1v) is 8.10. The average Bonchev–Trinajstić information content (AvgIpc) is 2.47. The van der Waals surface area contributed by atoms with Crippen molar-refractivity contribution in [3.8, 4) is 5.75 Å². The number of nitrogens with one attached hydrogen (secondary N) is 1. The lowest BCUT2D eigenvalue weighted by Crippen LogP contribution is -2.18. The summed E-state index contributed by atoms with van der Waals surface area (Å²) in [4.78, 5) is 4.45. The van der Waals surface area contributed by atoms with Crippen molar-refractivity contribution in [2.75, 3.05) is 13.2 Å². The summed E-state index contributed by atoms with van der Waals surface area (Å²) < 4.78 is 5.72. The molecule has 114 valence electrons. The van der Waals surface area contributed by atoms with E-state index in [1.54, 1.807) is 0 Å². The average molecular weight is 278 g/mol. The Balaban J connectivity index is 2.18. The smallest absolute Gasteiger partial charge is 0.137 e. The van der Waals surface area contributed by atoms with Crippen molar-refractivity contribution in [1.29, 1.82) is 0 Å². The van der Waals surface area contributed by atoms with E-state index in [0.717, 1.165) is 31.0 Å². The lowest BCUT2D eigenvalue weighted by molar-refractivity contribution is 0.303. The fourth-order valence-corrected chi connectivity index (χ4v) is 2.22. The standard InChI is InChI=1S/C17H30N2O/c1-4-6-7-8-9-10-13-20-16-11-12-17(19-14-16)15(3)18-5-2/h11-12,14-15,18H,4-10,13H2,1-3H3. The van der Waals surface area contributed by atoms with Crippen molar-refractivity contribution < 1.29 is 4.74 Å². The molecule has 0 saturated heterocycles. The van der Waals surface area contributed by atoms with Crippen LogP contribution in [0.15, 0.2) is 18.3 Å². The second-order valence-corrected chi connectivity index (χ2v) is 5.31. The second-order valence-electron chi connectivity index (χ2n) is 5.31. The normalized spacial score (nSPS) is 12.3. The van der Waals surface area contributed by atoms with Crippen molar-refractivity contribution in [2.24, 2.45) is 0 Å². The van der Waals surface area contributed by atoms with Gasteiger partial charge in [-0.05, 0) is 32.0 Å². The molecule has 0 bridgehead atoms. The molecule has 0 aliphatic rings. The van der Waals surface area contributed by atoms with Crippen LogP contribution in [0.2, 0.25) is 0 Å². The van der Waals surface area contributed by atoms with Crippen LogP contribution in [-0.2, 0) is 0 Å². The maximum Gasteiger partial charge on any atom is 0.137 e. The molecule has 0 spiro atoms. The van der Waals surface area contributed by atoms with Gasteiger partial charge in [0.15, 0.2) is 0 Å². The largest absolute Gasteiger partial charge is 0.492 e. The lowest BCUT2D eigenvalue weighted by Gasteiger charge is -2.12. The molecule has 1 aromatic rings. The number of hydrogen-bond acceptors (Lipinski definition) is 3. The predicted octanol–water partition coefficient (Wildman–Crippen LogP) is 4.49. The number of hydrogen-bond donors (Lipinski definition) is 1. The van der Waals surface area contributed by atoms with E-state index in [4.69, 9.17) is 4.74 Å². The summed E-state index contributed by atoms with van der Waals surface area (Å²) in [6.45, 7) is 8.24. The third-order valence-electron chi connectivity index (χ3n) is 3.48. The number of nitrogens with zero attached hydrogens (tertiary/aromatic N) is 1. The van der Waals surface area contributed by atoms with Gasteiger partial charge in [0.25, 0.3) is 0 Å². The van der Waals surface area contributed by atoms with Gasteiger partial charge in [-0.25, -0.2) is 0 Å². The molecule has 3 nitrogen and oxygen atoms in total. The molecule has 3 heteroatoms. The highest BCUT2D eigenvalue weighted by Gasteiger charge is 2.04. The van der Waals surface area contributed by atoms with E-state index in [0.29, 0.717) is 6.04 Å². The minimum absolute atomic E-state index is 0.299. The van der Waals surface area contributed by atoms with E-state index in [-0.39, 0.29) is 0 Å². The van der Waals surface area contributed by atoms with Gasteiger partial charge in [-0.1, -0.05) is 46.0 Å². The summed E-state index contributed by atoms with van der Waals surface area (Å²) >= 11 is 0.